The van der Waals surface area contributed by atoms with E-state index in [0.29, 0.717) is 12.3 Å². The van der Waals surface area contributed by atoms with E-state index < -0.39 is 8.07 Å². The largest absolute Gasteiger partial charge is 0.494 e. The van der Waals surface area contributed by atoms with E-state index in [2.05, 4.69) is 31.1 Å². The van der Waals surface area contributed by atoms with Gasteiger partial charge in [0.2, 0.25) is 0 Å². The van der Waals surface area contributed by atoms with Gasteiger partial charge in [0.1, 0.15) is 13.8 Å². The molecule has 1 rings (SSSR count). The number of hydrogen-bond donors (Lipinski definition) is 1. The predicted octanol–water partition coefficient (Wildman–Crippen LogP) is 3.20. The van der Waals surface area contributed by atoms with Crippen LogP contribution >= 0.6 is 0 Å². The minimum absolute atomic E-state index is 0.653. The molecule has 3 heteroatoms. The van der Waals surface area contributed by atoms with Crippen molar-refractivity contribution < 1.29 is 4.74 Å². The molecule has 2 N–H and O–H groups in total. The van der Waals surface area contributed by atoms with Crippen LogP contribution in [-0.4, -0.2) is 14.7 Å². The van der Waals surface area contributed by atoms with Gasteiger partial charge in [-0.2, -0.15) is 0 Å². The third kappa shape index (κ3) is 4.16. The summed E-state index contributed by atoms with van der Waals surface area (Å²) in [5, 5.41) is 0. The Bertz CT molecular complexity index is 464. The fourth-order valence-corrected chi connectivity index (χ4v) is 1.89. The molecule has 92 valence electrons. The minimum atomic E-state index is -1.36. The standard InChI is InChI=1S/C14H21NOSi/c1-6-16-14-10-13(15)12(9-11(14)2)7-8-17(3,4)5/h9-10H,6,15H2,1-5H3. The Morgan fingerprint density at radius 1 is 1.29 bits per heavy atom. The van der Waals surface area contributed by atoms with E-state index in [-0.39, 0.29) is 0 Å². The lowest BCUT2D eigenvalue weighted by Crippen LogP contribution is -2.16. The van der Waals surface area contributed by atoms with Gasteiger partial charge in [-0.05, 0) is 25.5 Å². The van der Waals surface area contributed by atoms with Gasteiger partial charge < -0.3 is 10.5 Å². The molecule has 0 aliphatic rings. The van der Waals surface area contributed by atoms with Gasteiger partial charge in [0.15, 0.2) is 0 Å². The monoisotopic (exact) mass is 247 g/mol. The number of aryl methyl sites for hydroxylation is 1. The SMILES string of the molecule is CCOc1cc(N)c(C#C[Si](C)(C)C)cc1C. The molecule has 0 spiro atoms. The molecular formula is C14H21NOSi. The van der Waals surface area contributed by atoms with Crippen LogP contribution in [0.5, 0.6) is 5.75 Å². The molecule has 0 aromatic heterocycles. The average molecular weight is 247 g/mol. The van der Waals surface area contributed by atoms with Crippen molar-refractivity contribution in [3.8, 4) is 17.2 Å². The van der Waals surface area contributed by atoms with E-state index in [1.807, 2.05) is 26.0 Å². The van der Waals surface area contributed by atoms with Crippen LogP contribution in [0, 0.1) is 18.4 Å². The van der Waals surface area contributed by atoms with Gasteiger partial charge in [-0.3, -0.25) is 0 Å². The first-order valence-corrected chi connectivity index (χ1v) is 9.39. The molecule has 0 amide bonds. The second-order valence-corrected chi connectivity index (χ2v) is 9.89. The number of hydrogen-bond acceptors (Lipinski definition) is 2. The van der Waals surface area contributed by atoms with Gasteiger partial charge in [0.05, 0.1) is 12.3 Å². The molecule has 0 radical (unpaired) electrons. The van der Waals surface area contributed by atoms with Crippen molar-refractivity contribution in [3.63, 3.8) is 0 Å². The lowest BCUT2D eigenvalue weighted by Gasteiger charge is -2.10. The van der Waals surface area contributed by atoms with Crippen molar-refractivity contribution >= 4 is 13.8 Å². The van der Waals surface area contributed by atoms with Crippen LogP contribution in [0.1, 0.15) is 18.1 Å². The number of nitrogens with two attached hydrogens (primary N) is 1. The lowest BCUT2D eigenvalue weighted by atomic mass is 10.1. The van der Waals surface area contributed by atoms with E-state index in [1.165, 1.54) is 0 Å². The maximum atomic E-state index is 5.98. The van der Waals surface area contributed by atoms with Crippen molar-refractivity contribution in [2.75, 3.05) is 12.3 Å². The molecule has 0 atom stereocenters. The Morgan fingerprint density at radius 3 is 2.47 bits per heavy atom. The maximum absolute atomic E-state index is 5.98. The Kier molecular flexibility index (Phi) is 4.25. The highest BCUT2D eigenvalue weighted by Crippen LogP contribution is 2.24. The number of nitrogen functional groups attached to an aromatic ring is 1. The lowest BCUT2D eigenvalue weighted by molar-refractivity contribution is 0.338. The molecule has 1 aromatic rings. The predicted molar refractivity (Wildman–Crippen MR) is 77.0 cm³/mol. The van der Waals surface area contributed by atoms with Crippen LogP contribution in [0.4, 0.5) is 5.69 Å². The summed E-state index contributed by atoms with van der Waals surface area (Å²) in [6.07, 6.45) is 0. The van der Waals surface area contributed by atoms with E-state index in [1.54, 1.807) is 0 Å². The summed E-state index contributed by atoms with van der Waals surface area (Å²) in [5.41, 5.74) is 12.0. The van der Waals surface area contributed by atoms with E-state index >= 15 is 0 Å². The molecule has 17 heavy (non-hydrogen) atoms. The summed E-state index contributed by atoms with van der Waals surface area (Å²) in [5.74, 6) is 4.04. The van der Waals surface area contributed by atoms with Crippen LogP contribution < -0.4 is 10.5 Å². The van der Waals surface area contributed by atoms with Gasteiger partial charge in [-0.25, -0.2) is 0 Å². The molecule has 2 nitrogen and oxygen atoms in total. The summed E-state index contributed by atoms with van der Waals surface area (Å²) < 4.78 is 5.50. The van der Waals surface area contributed by atoms with Crippen LogP contribution in [0.25, 0.3) is 0 Å². The van der Waals surface area contributed by atoms with Crippen molar-refractivity contribution in [2.45, 2.75) is 33.5 Å². The number of benzene rings is 1. The maximum Gasteiger partial charge on any atom is 0.129 e. The first-order valence-electron chi connectivity index (χ1n) is 5.89. The third-order valence-electron chi connectivity index (χ3n) is 2.22. The van der Waals surface area contributed by atoms with Gasteiger partial charge >= 0.3 is 0 Å². The highest BCUT2D eigenvalue weighted by atomic mass is 28.3. The summed E-state index contributed by atoms with van der Waals surface area (Å²) in [6.45, 7) is 11.3. The fourth-order valence-electron chi connectivity index (χ4n) is 1.38. The summed E-state index contributed by atoms with van der Waals surface area (Å²) in [6, 6.07) is 3.88. The smallest absolute Gasteiger partial charge is 0.129 e. The second-order valence-electron chi connectivity index (χ2n) is 5.14. The molecule has 0 heterocycles. The molecule has 0 saturated heterocycles. The van der Waals surface area contributed by atoms with Crippen LogP contribution in [-0.2, 0) is 0 Å². The van der Waals surface area contributed by atoms with Crippen molar-refractivity contribution in [1.82, 2.24) is 0 Å². The normalized spacial score (nSPS) is 10.6. The van der Waals surface area contributed by atoms with Crippen molar-refractivity contribution in [1.29, 1.82) is 0 Å². The number of anilines is 1. The fraction of sp³-hybridized carbons (Fsp3) is 0.429. The van der Waals surface area contributed by atoms with Gasteiger partial charge in [-0.1, -0.05) is 25.6 Å². The molecule has 0 saturated carbocycles. The molecule has 0 aliphatic carbocycles. The van der Waals surface area contributed by atoms with Crippen molar-refractivity contribution in [3.05, 3.63) is 23.3 Å². The van der Waals surface area contributed by atoms with Crippen molar-refractivity contribution in [2.24, 2.45) is 0 Å². The Balaban J connectivity index is 3.11. The highest BCUT2D eigenvalue weighted by molar-refractivity contribution is 6.83. The quantitative estimate of drug-likeness (QED) is 0.495. The zero-order chi connectivity index (χ0) is 13.1. The summed E-state index contributed by atoms with van der Waals surface area (Å²) >= 11 is 0. The van der Waals surface area contributed by atoms with Gasteiger partial charge in [0, 0.05) is 11.6 Å². The van der Waals surface area contributed by atoms with Crippen LogP contribution in [0.3, 0.4) is 0 Å². The molecule has 0 fully saturated rings. The van der Waals surface area contributed by atoms with E-state index in [0.717, 1.165) is 16.9 Å². The van der Waals surface area contributed by atoms with Gasteiger partial charge in [-0.15, -0.1) is 5.54 Å². The highest BCUT2D eigenvalue weighted by Gasteiger charge is 2.09. The first kappa shape index (κ1) is 13.7. The Morgan fingerprint density at radius 2 is 1.94 bits per heavy atom. The number of ether oxygens (including phenoxy) is 1. The third-order valence-corrected chi connectivity index (χ3v) is 3.09. The Labute approximate surface area is 105 Å². The molecule has 0 bridgehead atoms. The minimum Gasteiger partial charge on any atom is -0.494 e. The topological polar surface area (TPSA) is 35.2 Å². The van der Waals surface area contributed by atoms with Crippen LogP contribution in [0.2, 0.25) is 19.6 Å². The zero-order valence-corrected chi connectivity index (χ0v) is 12.3. The first-order chi connectivity index (χ1) is 7.83. The average Bonchev–Trinajstić information content (AvgIpc) is 2.20. The van der Waals surface area contributed by atoms with E-state index in [4.69, 9.17) is 10.5 Å². The summed E-state index contributed by atoms with van der Waals surface area (Å²) in [4.78, 5) is 0. The molecule has 0 aliphatic heterocycles. The Hall–Kier alpha value is -1.40. The number of rotatable bonds is 2. The summed E-state index contributed by atoms with van der Waals surface area (Å²) in [7, 11) is -1.36. The van der Waals surface area contributed by atoms with E-state index in [9.17, 15) is 0 Å². The molecular weight excluding hydrogens is 226 g/mol. The second kappa shape index (κ2) is 5.28. The molecule has 1 aromatic carbocycles. The van der Waals surface area contributed by atoms with Crippen LogP contribution in [0.15, 0.2) is 12.1 Å². The van der Waals surface area contributed by atoms with Gasteiger partial charge in [0.25, 0.3) is 0 Å². The zero-order valence-electron chi connectivity index (χ0n) is 11.3. The molecule has 0 unspecified atom stereocenters.